The van der Waals surface area contributed by atoms with Crippen LogP contribution in [-0.2, 0) is 23.1 Å². The first kappa shape index (κ1) is 20.6. The second kappa shape index (κ2) is 13.3. The summed E-state index contributed by atoms with van der Waals surface area (Å²) in [6.45, 7) is 6.40. The zero-order chi connectivity index (χ0) is 16.7. The first-order valence-electron chi connectivity index (χ1n) is 7.29. The summed E-state index contributed by atoms with van der Waals surface area (Å²) < 4.78 is 27.2. The molecule has 0 aliphatic heterocycles. The molecule has 0 aromatic carbocycles. The molecule has 0 rings (SSSR count). The topological polar surface area (TPSA) is 61.8 Å². The minimum Gasteiger partial charge on any atom is -0.463 e. The molecule has 0 aromatic rings. The Morgan fingerprint density at radius 2 is 1.41 bits per heavy atom. The van der Waals surface area contributed by atoms with E-state index < -0.39 is 7.60 Å². The van der Waals surface area contributed by atoms with Crippen LogP contribution in [0.15, 0.2) is 48.6 Å². The van der Waals surface area contributed by atoms with Crippen LogP contribution in [0.5, 0.6) is 0 Å². The van der Waals surface area contributed by atoms with Crippen molar-refractivity contribution in [1.29, 1.82) is 0 Å². The van der Waals surface area contributed by atoms with Crippen LogP contribution < -0.4 is 0 Å². The molecule has 0 saturated carbocycles. The Kier molecular flexibility index (Phi) is 12.4. The van der Waals surface area contributed by atoms with Crippen LogP contribution in [0.25, 0.3) is 0 Å². The van der Waals surface area contributed by atoms with Gasteiger partial charge >= 0.3 is 13.6 Å². The summed E-state index contributed by atoms with van der Waals surface area (Å²) in [4.78, 5) is 11.0. The fourth-order valence-corrected chi connectivity index (χ4v) is 2.84. The number of ether oxygens (including phenoxy) is 1. The zero-order valence-electron chi connectivity index (χ0n) is 13.4. The van der Waals surface area contributed by atoms with Gasteiger partial charge in [-0.05, 0) is 20.8 Å². The molecule has 0 bridgehead atoms. The van der Waals surface area contributed by atoms with Crippen LogP contribution in [-0.4, -0.2) is 32.0 Å². The highest BCUT2D eigenvalue weighted by molar-refractivity contribution is 7.54. The van der Waals surface area contributed by atoms with E-state index in [0.29, 0.717) is 19.8 Å². The van der Waals surface area contributed by atoms with Crippen LogP contribution in [0, 0.1) is 0 Å². The van der Waals surface area contributed by atoms with Gasteiger partial charge in [-0.3, -0.25) is 4.57 Å². The van der Waals surface area contributed by atoms with Crippen molar-refractivity contribution in [3.05, 3.63) is 48.6 Å². The molecule has 0 unspecified atom stereocenters. The van der Waals surface area contributed by atoms with Crippen molar-refractivity contribution in [3.8, 4) is 0 Å². The van der Waals surface area contributed by atoms with Crippen molar-refractivity contribution in [2.75, 3.05) is 26.0 Å². The van der Waals surface area contributed by atoms with Crippen molar-refractivity contribution in [1.82, 2.24) is 0 Å². The third kappa shape index (κ3) is 11.3. The van der Waals surface area contributed by atoms with E-state index in [1.807, 2.05) is 0 Å². The second-order valence-electron chi connectivity index (χ2n) is 3.94. The van der Waals surface area contributed by atoms with Crippen LogP contribution in [0.1, 0.15) is 20.8 Å². The lowest BCUT2D eigenvalue weighted by Gasteiger charge is -2.14. The van der Waals surface area contributed by atoms with E-state index >= 15 is 0 Å². The highest BCUT2D eigenvalue weighted by Gasteiger charge is 2.20. The summed E-state index contributed by atoms with van der Waals surface area (Å²) in [6.07, 6.45) is 13.8. The summed E-state index contributed by atoms with van der Waals surface area (Å²) in [5, 5.41) is 0. The van der Waals surface area contributed by atoms with Crippen LogP contribution in [0.2, 0.25) is 0 Å². The lowest BCUT2D eigenvalue weighted by atomic mass is 10.4. The van der Waals surface area contributed by atoms with Gasteiger partial charge in [0.1, 0.15) is 0 Å². The van der Waals surface area contributed by atoms with Gasteiger partial charge < -0.3 is 13.8 Å². The summed E-state index contributed by atoms with van der Waals surface area (Å²) in [5.74, 6) is -0.362. The zero-order valence-corrected chi connectivity index (χ0v) is 14.3. The van der Waals surface area contributed by atoms with Gasteiger partial charge in [-0.1, -0.05) is 42.5 Å². The fourth-order valence-electron chi connectivity index (χ4n) is 1.39. The fraction of sp³-hybridized carbons (Fsp3) is 0.438. The molecule has 0 saturated heterocycles. The maximum absolute atomic E-state index is 12.1. The molecular formula is C16H25O5P. The van der Waals surface area contributed by atoms with Gasteiger partial charge in [0.05, 0.1) is 26.0 Å². The Hall–Kier alpha value is -1.42. The van der Waals surface area contributed by atoms with E-state index in [1.165, 1.54) is 6.08 Å². The number of carbonyl (C=O) groups excluding carboxylic acids is 1. The smallest absolute Gasteiger partial charge is 0.334 e. The third-order valence-electron chi connectivity index (χ3n) is 2.19. The minimum atomic E-state index is -3.00. The van der Waals surface area contributed by atoms with E-state index in [1.54, 1.807) is 63.3 Å². The lowest BCUT2D eigenvalue weighted by molar-refractivity contribution is -0.137. The lowest BCUT2D eigenvalue weighted by Crippen LogP contribution is -1.98. The summed E-state index contributed by atoms with van der Waals surface area (Å²) >= 11 is 0. The molecule has 5 nitrogen and oxygen atoms in total. The highest BCUT2D eigenvalue weighted by Crippen LogP contribution is 2.47. The van der Waals surface area contributed by atoms with Crippen molar-refractivity contribution < 1.29 is 23.1 Å². The summed E-state index contributed by atoms with van der Waals surface area (Å²) in [5.41, 5.74) is 0. The molecule has 124 valence electrons. The molecule has 22 heavy (non-hydrogen) atoms. The van der Waals surface area contributed by atoms with E-state index in [2.05, 4.69) is 0 Å². The van der Waals surface area contributed by atoms with E-state index in [4.69, 9.17) is 13.8 Å². The SMILES string of the molecule is CCOC(=O)/C=C/C=C/C=C/C=C/CP(=O)(OCC)OCC. The molecule has 0 aliphatic rings. The Morgan fingerprint density at radius 1 is 0.864 bits per heavy atom. The normalized spacial score (nSPS) is 13.0. The van der Waals surface area contributed by atoms with Crippen LogP contribution in [0.3, 0.4) is 0 Å². The van der Waals surface area contributed by atoms with E-state index in [0.717, 1.165) is 0 Å². The molecule has 0 spiro atoms. The Morgan fingerprint density at radius 3 is 1.95 bits per heavy atom. The monoisotopic (exact) mass is 328 g/mol. The van der Waals surface area contributed by atoms with E-state index in [9.17, 15) is 9.36 Å². The Labute approximate surface area is 132 Å². The molecule has 0 aliphatic carbocycles. The van der Waals surface area contributed by atoms with Crippen molar-refractivity contribution in [2.45, 2.75) is 20.8 Å². The van der Waals surface area contributed by atoms with Gasteiger partial charge in [0.15, 0.2) is 0 Å². The molecular weight excluding hydrogens is 303 g/mol. The van der Waals surface area contributed by atoms with Crippen LogP contribution >= 0.6 is 7.60 Å². The van der Waals surface area contributed by atoms with Crippen molar-refractivity contribution in [3.63, 3.8) is 0 Å². The molecule has 0 atom stereocenters. The maximum Gasteiger partial charge on any atom is 0.334 e. The van der Waals surface area contributed by atoms with Crippen molar-refractivity contribution >= 4 is 13.6 Å². The Bertz CT molecular complexity index is 453. The molecule has 0 amide bonds. The van der Waals surface area contributed by atoms with Gasteiger partial charge in [0.2, 0.25) is 0 Å². The first-order valence-corrected chi connectivity index (χ1v) is 9.02. The number of allylic oxidation sites excluding steroid dienone is 7. The second-order valence-corrected chi connectivity index (χ2v) is 6.04. The third-order valence-corrected chi connectivity index (χ3v) is 4.15. The largest absolute Gasteiger partial charge is 0.463 e. The van der Waals surface area contributed by atoms with Crippen LogP contribution in [0.4, 0.5) is 0 Å². The van der Waals surface area contributed by atoms with Gasteiger partial charge in [0, 0.05) is 6.08 Å². The van der Waals surface area contributed by atoms with Gasteiger partial charge in [-0.25, -0.2) is 4.79 Å². The molecule has 0 heterocycles. The first-order chi connectivity index (χ1) is 10.6. The number of esters is 1. The highest BCUT2D eigenvalue weighted by atomic mass is 31.2. The van der Waals surface area contributed by atoms with Gasteiger partial charge in [-0.2, -0.15) is 0 Å². The minimum absolute atomic E-state index is 0.242. The average molecular weight is 328 g/mol. The maximum atomic E-state index is 12.1. The quantitative estimate of drug-likeness (QED) is 0.248. The standard InChI is InChI=1S/C16H25O5P/c1-4-19-16(17)14-12-10-8-7-9-11-13-15-22(18,20-5-2)21-6-3/h7-14H,4-6,15H2,1-3H3/b9-7+,10-8+,13-11+,14-12+. The molecule has 0 aromatic heterocycles. The van der Waals surface area contributed by atoms with E-state index in [-0.39, 0.29) is 12.1 Å². The predicted molar refractivity (Wildman–Crippen MR) is 88.9 cm³/mol. The molecule has 6 heteroatoms. The van der Waals surface area contributed by atoms with Crippen molar-refractivity contribution in [2.24, 2.45) is 0 Å². The van der Waals surface area contributed by atoms with Gasteiger partial charge in [-0.15, -0.1) is 0 Å². The summed E-state index contributed by atoms with van der Waals surface area (Å²) in [7, 11) is -3.00. The average Bonchev–Trinajstić information content (AvgIpc) is 2.46. The number of carbonyl (C=O) groups is 1. The van der Waals surface area contributed by atoms with Gasteiger partial charge in [0.25, 0.3) is 0 Å². The molecule has 0 radical (unpaired) electrons. The number of rotatable bonds is 11. The molecule has 0 fully saturated rings. The summed E-state index contributed by atoms with van der Waals surface area (Å²) in [6, 6.07) is 0. The number of hydrogen-bond acceptors (Lipinski definition) is 5. The molecule has 0 N–H and O–H groups in total. The number of hydrogen-bond donors (Lipinski definition) is 0. The Balaban J connectivity index is 4.16. The predicted octanol–water partition coefficient (Wildman–Crippen LogP) is 4.04.